The van der Waals surface area contributed by atoms with E-state index < -0.39 is 6.04 Å². The number of carbonyl (C=O) groups excluding carboxylic acids is 1. The molecule has 1 amide bonds. The lowest BCUT2D eigenvalue weighted by Crippen LogP contribution is -2.42. The standard InChI is InChI=1S/C20H22N4OS.2ClH/c21-17(13-15-5-2-1-3-6-15)20(25)23-10-4-7-19-24-18(14-26-19)16-8-11-22-12-9-16;;/h1-3,5-6,8-9,11-12,14,17H,4,7,10,13,21H2,(H,23,25);2*1H. The summed E-state index contributed by atoms with van der Waals surface area (Å²) in [7, 11) is 0. The highest BCUT2D eigenvalue weighted by Gasteiger charge is 2.13. The van der Waals surface area contributed by atoms with Gasteiger partial charge in [-0.3, -0.25) is 9.78 Å². The van der Waals surface area contributed by atoms with Crippen molar-refractivity contribution in [1.82, 2.24) is 15.3 Å². The maximum absolute atomic E-state index is 12.1. The Labute approximate surface area is 181 Å². The van der Waals surface area contributed by atoms with Crippen LogP contribution in [0.2, 0.25) is 0 Å². The van der Waals surface area contributed by atoms with Crippen LogP contribution < -0.4 is 11.1 Å². The second kappa shape index (κ2) is 12.5. The van der Waals surface area contributed by atoms with Gasteiger partial charge in [0, 0.05) is 36.3 Å². The molecule has 0 radical (unpaired) electrons. The summed E-state index contributed by atoms with van der Waals surface area (Å²) in [5.41, 5.74) is 9.10. The van der Waals surface area contributed by atoms with Crippen LogP contribution in [0.5, 0.6) is 0 Å². The molecule has 1 atom stereocenters. The van der Waals surface area contributed by atoms with Gasteiger partial charge in [-0.05, 0) is 30.5 Å². The monoisotopic (exact) mass is 438 g/mol. The van der Waals surface area contributed by atoms with Gasteiger partial charge in [0.15, 0.2) is 0 Å². The van der Waals surface area contributed by atoms with Crippen LogP contribution in [0.15, 0.2) is 60.2 Å². The third kappa shape index (κ3) is 7.20. The number of amides is 1. The van der Waals surface area contributed by atoms with E-state index >= 15 is 0 Å². The van der Waals surface area contributed by atoms with Crippen molar-refractivity contribution in [2.45, 2.75) is 25.3 Å². The van der Waals surface area contributed by atoms with E-state index in [1.807, 2.05) is 42.5 Å². The number of nitrogens with two attached hydrogens (primary N) is 1. The van der Waals surface area contributed by atoms with Gasteiger partial charge in [0.25, 0.3) is 0 Å². The average molecular weight is 439 g/mol. The molecule has 3 rings (SSSR count). The normalized spacial score (nSPS) is 11.0. The van der Waals surface area contributed by atoms with Crippen molar-refractivity contribution in [3.63, 3.8) is 0 Å². The van der Waals surface area contributed by atoms with Crippen molar-refractivity contribution in [3.05, 3.63) is 70.8 Å². The SMILES string of the molecule is Cl.Cl.NC(Cc1ccccc1)C(=O)NCCCc1nc(-c2ccncc2)cs1. The van der Waals surface area contributed by atoms with Crippen LogP contribution in [0.25, 0.3) is 11.3 Å². The molecular formula is C20H24Cl2N4OS. The minimum atomic E-state index is -0.518. The average Bonchev–Trinajstić information content (AvgIpc) is 3.15. The zero-order chi connectivity index (χ0) is 18.2. The molecule has 0 bridgehead atoms. The summed E-state index contributed by atoms with van der Waals surface area (Å²) < 4.78 is 0. The van der Waals surface area contributed by atoms with Crippen LogP contribution in [0.4, 0.5) is 0 Å². The quantitative estimate of drug-likeness (QED) is 0.525. The Bertz CT molecular complexity index is 830. The number of hydrogen-bond donors (Lipinski definition) is 2. The first-order valence-corrected chi connectivity index (χ1v) is 9.52. The second-order valence-electron chi connectivity index (χ2n) is 6.05. The van der Waals surface area contributed by atoms with E-state index in [0.29, 0.717) is 13.0 Å². The molecule has 0 aliphatic carbocycles. The predicted octanol–water partition coefficient (Wildman–Crippen LogP) is 3.67. The lowest BCUT2D eigenvalue weighted by Gasteiger charge is -2.12. The number of aryl methyl sites for hydroxylation is 1. The van der Waals surface area contributed by atoms with Gasteiger partial charge in [0.1, 0.15) is 0 Å². The molecule has 3 N–H and O–H groups in total. The zero-order valence-corrected chi connectivity index (χ0v) is 17.7. The molecular weight excluding hydrogens is 415 g/mol. The number of nitrogens with one attached hydrogen (secondary N) is 1. The smallest absolute Gasteiger partial charge is 0.237 e. The number of rotatable bonds is 8. The fourth-order valence-electron chi connectivity index (χ4n) is 2.62. The number of aromatic nitrogens is 2. The third-order valence-electron chi connectivity index (χ3n) is 4.03. The molecule has 5 nitrogen and oxygen atoms in total. The minimum absolute atomic E-state index is 0. The summed E-state index contributed by atoms with van der Waals surface area (Å²) in [6.45, 7) is 0.603. The number of hydrogen-bond acceptors (Lipinski definition) is 5. The molecule has 150 valence electrons. The number of pyridine rings is 1. The van der Waals surface area contributed by atoms with Crippen LogP contribution in [0.3, 0.4) is 0 Å². The van der Waals surface area contributed by atoms with Crippen molar-refractivity contribution in [3.8, 4) is 11.3 Å². The Balaban J connectivity index is 0.00000196. The van der Waals surface area contributed by atoms with Gasteiger partial charge < -0.3 is 11.1 Å². The van der Waals surface area contributed by atoms with E-state index in [2.05, 4.69) is 20.7 Å². The highest BCUT2D eigenvalue weighted by molar-refractivity contribution is 7.09. The van der Waals surface area contributed by atoms with E-state index in [9.17, 15) is 4.79 Å². The summed E-state index contributed by atoms with van der Waals surface area (Å²) in [5.74, 6) is -0.106. The molecule has 8 heteroatoms. The number of carbonyl (C=O) groups is 1. The Kier molecular flexibility index (Phi) is 10.7. The van der Waals surface area contributed by atoms with E-state index in [1.165, 1.54) is 0 Å². The molecule has 1 unspecified atom stereocenters. The fraction of sp³-hybridized carbons (Fsp3) is 0.250. The Hall–Kier alpha value is -1.99. The van der Waals surface area contributed by atoms with E-state index in [0.717, 1.165) is 34.7 Å². The Morgan fingerprint density at radius 2 is 1.82 bits per heavy atom. The number of benzene rings is 1. The second-order valence-corrected chi connectivity index (χ2v) is 7.00. The van der Waals surface area contributed by atoms with Gasteiger partial charge in [-0.2, -0.15) is 0 Å². The Morgan fingerprint density at radius 3 is 2.54 bits per heavy atom. The molecule has 2 aromatic heterocycles. The van der Waals surface area contributed by atoms with Crippen molar-refractivity contribution >= 4 is 42.1 Å². The van der Waals surface area contributed by atoms with Crippen LogP contribution >= 0.6 is 36.2 Å². The summed E-state index contributed by atoms with van der Waals surface area (Å²) in [5, 5.41) is 6.04. The van der Waals surface area contributed by atoms with E-state index in [-0.39, 0.29) is 30.7 Å². The maximum atomic E-state index is 12.1. The van der Waals surface area contributed by atoms with Gasteiger partial charge >= 0.3 is 0 Å². The molecule has 28 heavy (non-hydrogen) atoms. The van der Waals surface area contributed by atoms with Crippen molar-refractivity contribution in [1.29, 1.82) is 0 Å². The minimum Gasteiger partial charge on any atom is -0.355 e. The fourth-order valence-corrected chi connectivity index (χ4v) is 3.47. The van der Waals surface area contributed by atoms with Gasteiger partial charge in [-0.1, -0.05) is 30.3 Å². The molecule has 0 fully saturated rings. The van der Waals surface area contributed by atoms with Gasteiger partial charge in [0.05, 0.1) is 16.7 Å². The largest absolute Gasteiger partial charge is 0.355 e. The zero-order valence-electron chi connectivity index (χ0n) is 15.3. The van der Waals surface area contributed by atoms with E-state index in [1.54, 1.807) is 23.7 Å². The molecule has 2 heterocycles. The first-order chi connectivity index (χ1) is 12.7. The van der Waals surface area contributed by atoms with Crippen LogP contribution in [-0.2, 0) is 17.6 Å². The van der Waals surface area contributed by atoms with Crippen molar-refractivity contribution in [2.24, 2.45) is 5.73 Å². The summed E-state index contributed by atoms with van der Waals surface area (Å²) in [6.07, 6.45) is 5.76. The van der Waals surface area contributed by atoms with Gasteiger partial charge in [-0.15, -0.1) is 36.2 Å². The number of thiazole rings is 1. The first kappa shape index (κ1) is 24.0. The predicted molar refractivity (Wildman–Crippen MR) is 119 cm³/mol. The van der Waals surface area contributed by atoms with Crippen LogP contribution in [0.1, 0.15) is 17.0 Å². The molecule has 0 aliphatic heterocycles. The molecule has 0 saturated carbocycles. The molecule has 0 aliphatic rings. The molecule has 0 saturated heterocycles. The third-order valence-corrected chi connectivity index (χ3v) is 4.94. The lowest BCUT2D eigenvalue weighted by atomic mass is 10.1. The molecule has 1 aromatic carbocycles. The summed E-state index contributed by atoms with van der Waals surface area (Å²) in [4.78, 5) is 20.8. The van der Waals surface area contributed by atoms with Crippen LogP contribution in [0, 0.1) is 0 Å². The van der Waals surface area contributed by atoms with Crippen molar-refractivity contribution < 1.29 is 4.79 Å². The highest BCUT2D eigenvalue weighted by atomic mass is 35.5. The van der Waals surface area contributed by atoms with Gasteiger partial charge in [-0.25, -0.2) is 4.98 Å². The van der Waals surface area contributed by atoms with E-state index in [4.69, 9.17) is 5.73 Å². The summed E-state index contributed by atoms with van der Waals surface area (Å²) in [6, 6.07) is 13.2. The van der Waals surface area contributed by atoms with Gasteiger partial charge in [0.2, 0.25) is 5.91 Å². The first-order valence-electron chi connectivity index (χ1n) is 8.64. The van der Waals surface area contributed by atoms with Crippen LogP contribution in [-0.4, -0.2) is 28.5 Å². The number of nitrogens with zero attached hydrogens (tertiary/aromatic N) is 2. The molecule has 3 aromatic rings. The topological polar surface area (TPSA) is 80.9 Å². The van der Waals surface area contributed by atoms with Crippen molar-refractivity contribution in [2.75, 3.05) is 6.54 Å². The highest BCUT2D eigenvalue weighted by Crippen LogP contribution is 2.21. The lowest BCUT2D eigenvalue weighted by molar-refractivity contribution is -0.122. The number of halogens is 2. The Morgan fingerprint density at radius 1 is 1.11 bits per heavy atom. The molecule has 0 spiro atoms. The summed E-state index contributed by atoms with van der Waals surface area (Å²) >= 11 is 1.64. The maximum Gasteiger partial charge on any atom is 0.237 e.